The predicted molar refractivity (Wildman–Crippen MR) is 58.8 cm³/mol. The van der Waals surface area contributed by atoms with Crippen molar-refractivity contribution in [3.05, 3.63) is 23.8 Å². The summed E-state index contributed by atoms with van der Waals surface area (Å²) in [6, 6.07) is 0. The van der Waals surface area contributed by atoms with Crippen molar-refractivity contribution in [3.8, 4) is 0 Å². The quantitative estimate of drug-likeness (QED) is 0.517. The maximum atomic E-state index is 3.48. The molecule has 0 radical (unpaired) electrons. The highest BCUT2D eigenvalue weighted by Gasteiger charge is 2.07. The van der Waals surface area contributed by atoms with E-state index in [-0.39, 0.29) is 0 Å². The second kappa shape index (κ2) is 5.98. The lowest BCUT2D eigenvalue weighted by molar-refractivity contribution is 0.451. The van der Waals surface area contributed by atoms with Gasteiger partial charge in [-0.05, 0) is 45.6 Å². The minimum atomic E-state index is 0.871. The van der Waals surface area contributed by atoms with Gasteiger partial charge in [-0.15, -0.1) is 0 Å². The Morgan fingerprint density at radius 3 is 2.92 bits per heavy atom. The number of nitrogens with one attached hydrogen (secondary N) is 1. The number of hydrogen-bond donors (Lipinski definition) is 1. The normalized spacial score (nSPS) is 21.5. The van der Waals surface area contributed by atoms with Gasteiger partial charge >= 0.3 is 0 Å². The lowest BCUT2D eigenvalue weighted by atomic mass is 9.94. The Morgan fingerprint density at radius 1 is 1.46 bits per heavy atom. The molecule has 1 heteroatoms. The monoisotopic (exact) mass is 179 g/mol. The van der Waals surface area contributed by atoms with Crippen LogP contribution in [0.4, 0.5) is 0 Å². The molecule has 0 aromatic carbocycles. The van der Waals surface area contributed by atoms with Gasteiger partial charge in [0.25, 0.3) is 0 Å². The highest BCUT2D eigenvalue weighted by atomic mass is 14.8. The van der Waals surface area contributed by atoms with Crippen LogP contribution in [0.25, 0.3) is 0 Å². The molecule has 74 valence electrons. The van der Waals surface area contributed by atoms with Crippen LogP contribution in [0.5, 0.6) is 0 Å². The molecule has 0 heterocycles. The molecule has 1 rings (SSSR count). The smallest absolute Gasteiger partial charge is 0.0137 e. The molecule has 0 aliphatic heterocycles. The molecule has 13 heavy (non-hydrogen) atoms. The molecule has 0 bridgehead atoms. The number of allylic oxidation sites excluding steroid dienone is 3. The van der Waals surface area contributed by atoms with Gasteiger partial charge in [-0.3, -0.25) is 0 Å². The van der Waals surface area contributed by atoms with Crippen molar-refractivity contribution in [3.63, 3.8) is 0 Å². The van der Waals surface area contributed by atoms with Gasteiger partial charge in [0.05, 0.1) is 0 Å². The molecule has 0 spiro atoms. The van der Waals surface area contributed by atoms with E-state index >= 15 is 0 Å². The van der Waals surface area contributed by atoms with Gasteiger partial charge in [0.2, 0.25) is 0 Å². The first kappa shape index (κ1) is 10.5. The Morgan fingerprint density at radius 2 is 2.31 bits per heavy atom. The predicted octanol–water partition coefficient (Wildman–Crippen LogP) is 2.90. The molecule has 1 aliphatic rings. The van der Waals surface area contributed by atoms with E-state index in [9.17, 15) is 0 Å². The zero-order valence-electron chi connectivity index (χ0n) is 8.84. The minimum Gasteiger partial charge on any atom is -0.313 e. The van der Waals surface area contributed by atoms with Gasteiger partial charge in [0.1, 0.15) is 0 Å². The first-order chi connectivity index (χ1) is 6.29. The van der Waals surface area contributed by atoms with Gasteiger partial charge in [-0.25, -0.2) is 0 Å². The van der Waals surface area contributed by atoms with E-state index in [2.05, 4.69) is 37.4 Å². The van der Waals surface area contributed by atoms with Gasteiger partial charge in [0, 0.05) is 6.54 Å². The van der Waals surface area contributed by atoms with Gasteiger partial charge in [-0.1, -0.05) is 23.8 Å². The van der Waals surface area contributed by atoms with Crippen molar-refractivity contribution in [2.24, 2.45) is 5.92 Å². The van der Waals surface area contributed by atoms with Crippen LogP contribution in [0.3, 0.4) is 0 Å². The molecule has 1 atom stereocenters. The SMILES string of the molecule is CC(C)=CCNCC1CC=CCC1. The van der Waals surface area contributed by atoms with E-state index < -0.39 is 0 Å². The summed E-state index contributed by atoms with van der Waals surface area (Å²) in [6.45, 7) is 6.49. The molecule has 1 aliphatic carbocycles. The third kappa shape index (κ3) is 4.89. The summed E-state index contributed by atoms with van der Waals surface area (Å²) < 4.78 is 0. The van der Waals surface area contributed by atoms with Crippen molar-refractivity contribution < 1.29 is 0 Å². The van der Waals surface area contributed by atoms with Crippen molar-refractivity contribution >= 4 is 0 Å². The Bertz CT molecular complexity index is 187. The van der Waals surface area contributed by atoms with Crippen LogP contribution in [0.15, 0.2) is 23.8 Å². The van der Waals surface area contributed by atoms with E-state index in [0.717, 1.165) is 12.5 Å². The maximum Gasteiger partial charge on any atom is 0.0137 e. The largest absolute Gasteiger partial charge is 0.313 e. The fourth-order valence-electron chi connectivity index (χ4n) is 1.61. The molecule has 0 fully saturated rings. The Balaban J connectivity index is 2.05. The van der Waals surface area contributed by atoms with Crippen LogP contribution in [0.2, 0.25) is 0 Å². The fraction of sp³-hybridized carbons (Fsp3) is 0.667. The van der Waals surface area contributed by atoms with E-state index in [0.29, 0.717) is 0 Å². The van der Waals surface area contributed by atoms with Crippen molar-refractivity contribution in [2.45, 2.75) is 33.1 Å². The lowest BCUT2D eigenvalue weighted by Crippen LogP contribution is -2.23. The molecular weight excluding hydrogens is 158 g/mol. The van der Waals surface area contributed by atoms with Crippen LogP contribution < -0.4 is 5.32 Å². The molecule has 0 aromatic rings. The molecular formula is C12H21N. The van der Waals surface area contributed by atoms with Crippen LogP contribution in [-0.4, -0.2) is 13.1 Å². The average Bonchev–Trinajstić information content (AvgIpc) is 2.14. The minimum absolute atomic E-state index is 0.871. The fourth-order valence-corrected chi connectivity index (χ4v) is 1.61. The summed E-state index contributed by atoms with van der Waals surface area (Å²) in [5.74, 6) is 0.871. The standard InChI is InChI=1S/C12H21N/c1-11(2)8-9-13-10-12-6-4-3-5-7-12/h3-4,8,12-13H,5-7,9-10H2,1-2H3. The van der Waals surface area contributed by atoms with E-state index in [4.69, 9.17) is 0 Å². The molecule has 1 unspecified atom stereocenters. The van der Waals surface area contributed by atoms with Crippen molar-refractivity contribution in [1.82, 2.24) is 5.32 Å². The van der Waals surface area contributed by atoms with Crippen molar-refractivity contribution in [2.75, 3.05) is 13.1 Å². The van der Waals surface area contributed by atoms with Crippen LogP contribution in [0, 0.1) is 5.92 Å². The zero-order valence-corrected chi connectivity index (χ0v) is 8.84. The first-order valence-corrected chi connectivity index (χ1v) is 5.28. The second-order valence-corrected chi connectivity index (χ2v) is 4.09. The van der Waals surface area contributed by atoms with Gasteiger partial charge in [0.15, 0.2) is 0 Å². The first-order valence-electron chi connectivity index (χ1n) is 5.28. The molecule has 0 amide bonds. The van der Waals surface area contributed by atoms with Crippen LogP contribution in [-0.2, 0) is 0 Å². The summed E-state index contributed by atoms with van der Waals surface area (Å²) >= 11 is 0. The molecule has 1 N–H and O–H groups in total. The Labute approximate surface area is 81.9 Å². The third-order valence-electron chi connectivity index (χ3n) is 2.47. The van der Waals surface area contributed by atoms with Gasteiger partial charge in [-0.2, -0.15) is 0 Å². The molecule has 1 nitrogen and oxygen atoms in total. The third-order valence-corrected chi connectivity index (χ3v) is 2.47. The summed E-state index contributed by atoms with van der Waals surface area (Å²) in [7, 11) is 0. The van der Waals surface area contributed by atoms with Crippen molar-refractivity contribution in [1.29, 1.82) is 0 Å². The van der Waals surface area contributed by atoms with Crippen LogP contribution >= 0.6 is 0 Å². The van der Waals surface area contributed by atoms with E-state index in [1.807, 2.05) is 0 Å². The zero-order chi connectivity index (χ0) is 9.52. The van der Waals surface area contributed by atoms with E-state index in [1.54, 1.807) is 0 Å². The molecule has 0 saturated heterocycles. The average molecular weight is 179 g/mol. The maximum absolute atomic E-state index is 3.48. The number of rotatable bonds is 4. The number of hydrogen-bond acceptors (Lipinski definition) is 1. The highest BCUT2D eigenvalue weighted by molar-refractivity contribution is 4.95. The molecule has 0 aromatic heterocycles. The Kier molecular flexibility index (Phi) is 4.84. The topological polar surface area (TPSA) is 12.0 Å². The summed E-state index contributed by atoms with van der Waals surface area (Å²) in [6.07, 6.45) is 10.8. The summed E-state index contributed by atoms with van der Waals surface area (Å²) in [4.78, 5) is 0. The van der Waals surface area contributed by atoms with E-state index in [1.165, 1.54) is 31.4 Å². The Hall–Kier alpha value is -0.560. The summed E-state index contributed by atoms with van der Waals surface area (Å²) in [5.41, 5.74) is 1.40. The lowest BCUT2D eigenvalue weighted by Gasteiger charge is -2.17. The van der Waals surface area contributed by atoms with Crippen LogP contribution in [0.1, 0.15) is 33.1 Å². The van der Waals surface area contributed by atoms with Gasteiger partial charge < -0.3 is 5.32 Å². The summed E-state index contributed by atoms with van der Waals surface area (Å²) in [5, 5.41) is 3.48. The second-order valence-electron chi connectivity index (χ2n) is 4.09. The highest BCUT2D eigenvalue weighted by Crippen LogP contribution is 2.16. The molecule has 0 saturated carbocycles.